The maximum Gasteiger partial charge on any atom is 0.327 e. The number of nitrogens with zero attached hydrogens (tertiary/aromatic N) is 1. The van der Waals surface area contributed by atoms with Crippen LogP contribution in [-0.4, -0.2) is 43.2 Å². The van der Waals surface area contributed by atoms with Gasteiger partial charge in [0, 0.05) is 13.1 Å². The van der Waals surface area contributed by atoms with E-state index in [-0.39, 0.29) is 5.97 Å². The maximum absolute atomic E-state index is 11.9. The minimum atomic E-state index is -0.768. The van der Waals surface area contributed by atoms with Gasteiger partial charge in [-0.2, -0.15) is 0 Å². The molecule has 2 rings (SSSR count). The van der Waals surface area contributed by atoms with E-state index in [1.807, 2.05) is 0 Å². The molecule has 2 aliphatic rings. The van der Waals surface area contributed by atoms with E-state index in [0.717, 1.165) is 31.8 Å². The summed E-state index contributed by atoms with van der Waals surface area (Å²) in [7, 11) is 1.44. The molecule has 0 radical (unpaired) electrons. The van der Waals surface area contributed by atoms with Gasteiger partial charge in [-0.1, -0.05) is 13.3 Å². The summed E-state index contributed by atoms with van der Waals surface area (Å²) in [6, 6.07) is 0. The molecule has 2 unspecified atom stereocenters. The first kappa shape index (κ1) is 13.8. The molecule has 1 aliphatic carbocycles. The molecule has 1 saturated heterocycles. The zero-order valence-electron chi connectivity index (χ0n) is 11.7. The van der Waals surface area contributed by atoms with Gasteiger partial charge in [0.15, 0.2) is 0 Å². The number of likely N-dealkylation sites (tertiary alicyclic amines) is 1. The molecule has 0 aromatic rings. The lowest BCUT2D eigenvalue weighted by Crippen LogP contribution is -2.58. The van der Waals surface area contributed by atoms with Crippen molar-refractivity contribution in [1.82, 2.24) is 4.90 Å². The van der Waals surface area contributed by atoms with Crippen LogP contribution in [-0.2, 0) is 9.53 Å². The van der Waals surface area contributed by atoms with E-state index in [0.29, 0.717) is 12.5 Å². The van der Waals surface area contributed by atoms with Crippen molar-refractivity contribution in [1.29, 1.82) is 0 Å². The number of nitrogens with two attached hydrogens (primary N) is 1. The highest BCUT2D eigenvalue weighted by Crippen LogP contribution is 2.40. The molecule has 4 nitrogen and oxygen atoms in total. The average Bonchev–Trinajstić information content (AvgIpc) is 3.13. The SMILES string of the molecule is CCCC1CCN(CC(N)(C(=O)OC)C2CC2)C1. The van der Waals surface area contributed by atoms with E-state index < -0.39 is 5.54 Å². The third-order valence-corrected chi connectivity index (χ3v) is 4.42. The van der Waals surface area contributed by atoms with E-state index in [2.05, 4.69) is 11.8 Å². The average molecular weight is 254 g/mol. The highest BCUT2D eigenvalue weighted by Gasteiger charge is 2.50. The first-order chi connectivity index (χ1) is 8.60. The van der Waals surface area contributed by atoms with Crippen LogP contribution >= 0.6 is 0 Å². The van der Waals surface area contributed by atoms with E-state index in [1.165, 1.54) is 26.4 Å². The molecule has 1 aliphatic heterocycles. The van der Waals surface area contributed by atoms with Crippen LogP contribution in [0.2, 0.25) is 0 Å². The van der Waals surface area contributed by atoms with Crippen molar-refractivity contribution >= 4 is 5.97 Å². The summed E-state index contributed by atoms with van der Waals surface area (Å²) >= 11 is 0. The number of esters is 1. The molecular formula is C14H26N2O2. The highest BCUT2D eigenvalue weighted by molar-refractivity contribution is 5.81. The lowest BCUT2D eigenvalue weighted by atomic mass is 9.94. The molecule has 2 fully saturated rings. The zero-order chi connectivity index (χ0) is 13.2. The first-order valence-corrected chi connectivity index (χ1v) is 7.19. The first-order valence-electron chi connectivity index (χ1n) is 7.19. The Morgan fingerprint density at radius 2 is 2.17 bits per heavy atom. The Kier molecular flexibility index (Phi) is 4.28. The molecule has 0 aromatic carbocycles. The standard InChI is InChI=1S/C14H26N2O2/c1-3-4-11-7-8-16(9-11)10-14(15,12-5-6-12)13(17)18-2/h11-12H,3-10,15H2,1-2H3. The van der Waals surface area contributed by atoms with Gasteiger partial charge in [0.05, 0.1) is 7.11 Å². The predicted octanol–water partition coefficient (Wildman–Crippen LogP) is 1.39. The van der Waals surface area contributed by atoms with Gasteiger partial charge in [-0.25, -0.2) is 0 Å². The molecule has 0 aromatic heterocycles. The molecule has 2 atom stereocenters. The van der Waals surface area contributed by atoms with Crippen molar-refractivity contribution in [3.63, 3.8) is 0 Å². The number of hydrogen-bond donors (Lipinski definition) is 1. The van der Waals surface area contributed by atoms with Crippen LogP contribution in [0.25, 0.3) is 0 Å². The predicted molar refractivity (Wildman–Crippen MR) is 71.1 cm³/mol. The van der Waals surface area contributed by atoms with Gasteiger partial charge >= 0.3 is 5.97 Å². The van der Waals surface area contributed by atoms with Gasteiger partial charge in [0.2, 0.25) is 0 Å². The lowest BCUT2D eigenvalue weighted by Gasteiger charge is -2.31. The fourth-order valence-electron chi connectivity index (χ4n) is 3.22. The van der Waals surface area contributed by atoms with Crippen molar-refractivity contribution < 1.29 is 9.53 Å². The van der Waals surface area contributed by atoms with E-state index in [1.54, 1.807) is 0 Å². The Hall–Kier alpha value is -0.610. The molecule has 2 N–H and O–H groups in total. The van der Waals surface area contributed by atoms with Gasteiger partial charge in [0.25, 0.3) is 0 Å². The number of ether oxygens (including phenoxy) is 1. The fourth-order valence-corrected chi connectivity index (χ4v) is 3.22. The lowest BCUT2D eigenvalue weighted by molar-refractivity contribution is -0.148. The monoisotopic (exact) mass is 254 g/mol. The quantitative estimate of drug-likeness (QED) is 0.728. The molecule has 0 spiro atoms. The van der Waals surface area contributed by atoms with Crippen LogP contribution in [0.15, 0.2) is 0 Å². The Balaban J connectivity index is 1.92. The Bertz CT molecular complexity index is 304. The van der Waals surface area contributed by atoms with Crippen molar-refractivity contribution in [3.8, 4) is 0 Å². The molecule has 0 amide bonds. The smallest absolute Gasteiger partial charge is 0.327 e. The summed E-state index contributed by atoms with van der Waals surface area (Å²) in [4.78, 5) is 14.3. The second-order valence-corrected chi connectivity index (χ2v) is 5.98. The Labute approximate surface area is 110 Å². The molecule has 104 valence electrons. The topological polar surface area (TPSA) is 55.6 Å². The summed E-state index contributed by atoms with van der Waals surface area (Å²) in [5.41, 5.74) is 5.57. The van der Waals surface area contributed by atoms with Crippen LogP contribution < -0.4 is 5.73 Å². The third kappa shape index (κ3) is 2.86. The summed E-state index contributed by atoms with van der Waals surface area (Å²) in [5, 5.41) is 0. The normalized spacial score (nSPS) is 28.1. The minimum absolute atomic E-state index is 0.232. The third-order valence-electron chi connectivity index (χ3n) is 4.42. The number of hydrogen-bond acceptors (Lipinski definition) is 4. The number of rotatable bonds is 6. The highest BCUT2D eigenvalue weighted by atomic mass is 16.5. The summed E-state index contributed by atoms with van der Waals surface area (Å²) in [5.74, 6) is 0.884. The van der Waals surface area contributed by atoms with Crippen molar-refractivity contribution in [2.45, 2.75) is 44.6 Å². The minimum Gasteiger partial charge on any atom is -0.468 e. The number of carbonyl (C=O) groups excluding carboxylic acids is 1. The van der Waals surface area contributed by atoms with Crippen molar-refractivity contribution in [2.75, 3.05) is 26.7 Å². The van der Waals surface area contributed by atoms with Gasteiger partial charge in [-0.15, -0.1) is 0 Å². The Morgan fingerprint density at radius 1 is 1.44 bits per heavy atom. The van der Waals surface area contributed by atoms with Gasteiger partial charge < -0.3 is 15.4 Å². The largest absolute Gasteiger partial charge is 0.468 e. The maximum atomic E-state index is 11.9. The van der Waals surface area contributed by atoms with Gasteiger partial charge in [0.1, 0.15) is 5.54 Å². The van der Waals surface area contributed by atoms with E-state index in [9.17, 15) is 4.79 Å². The van der Waals surface area contributed by atoms with Gasteiger partial charge in [-0.05, 0) is 44.1 Å². The molecular weight excluding hydrogens is 228 g/mol. The second kappa shape index (κ2) is 5.57. The van der Waals surface area contributed by atoms with E-state index >= 15 is 0 Å². The van der Waals surface area contributed by atoms with Crippen LogP contribution in [0.5, 0.6) is 0 Å². The molecule has 0 bridgehead atoms. The van der Waals surface area contributed by atoms with Crippen molar-refractivity contribution in [3.05, 3.63) is 0 Å². The molecule has 1 heterocycles. The molecule has 18 heavy (non-hydrogen) atoms. The van der Waals surface area contributed by atoms with Gasteiger partial charge in [-0.3, -0.25) is 4.79 Å². The summed E-state index contributed by atoms with van der Waals surface area (Å²) in [6.45, 7) is 5.07. The number of methoxy groups -OCH3 is 1. The molecule has 4 heteroatoms. The Morgan fingerprint density at radius 3 is 2.72 bits per heavy atom. The molecule has 1 saturated carbocycles. The second-order valence-electron chi connectivity index (χ2n) is 5.98. The zero-order valence-corrected chi connectivity index (χ0v) is 11.7. The van der Waals surface area contributed by atoms with Crippen LogP contribution in [0.1, 0.15) is 39.0 Å². The number of carbonyl (C=O) groups is 1. The fraction of sp³-hybridized carbons (Fsp3) is 0.929. The van der Waals surface area contributed by atoms with Crippen LogP contribution in [0.4, 0.5) is 0 Å². The van der Waals surface area contributed by atoms with Crippen LogP contribution in [0.3, 0.4) is 0 Å². The summed E-state index contributed by atoms with van der Waals surface area (Å²) in [6.07, 6.45) is 5.91. The van der Waals surface area contributed by atoms with E-state index in [4.69, 9.17) is 10.5 Å². The van der Waals surface area contributed by atoms with Crippen molar-refractivity contribution in [2.24, 2.45) is 17.6 Å². The van der Waals surface area contributed by atoms with Crippen LogP contribution in [0, 0.1) is 11.8 Å². The summed E-state index contributed by atoms with van der Waals surface area (Å²) < 4.78 is 4.91.